The van der Waals surface area contributed by atoms with Crippen molar-refractivity contribution in [3.05, 3.63) is 92.3 Å². The van der Waals surface area contributed by atoms with Crippen LogP contribution in [0.25, 0.3) is 0 Å². The summed E-state index contributed by atoms with van der Waals surface area (Å²) in [5, 5.41) is 33.7. The SMILES string of the molecule is COC(=O)C1=C(C)N(C(=O)CNC(Cc2ccc(O)cc2)C(=O)O)C(C)=C(C(=O)OC)C1c1ccccc1[N+](=O)[O-]. The van der Waals surface area contributed by atoms with Gasteiger partial charge in [-0.1, -0.05) is 30.3 Å². The lowest BCUT2D eigenvalue weighted by atomic mass is 9.79. The summed E-state index contributed by atoms with van der Waals surface area (Å²) in [6, 6.07) is 10.3. The Balaban J connectivity index is 2.07. The number of hydrogen-bond acceptors (Lipinski definition) is 10. The molecule has 2 aromatic rings. The number of nitro benzene ring substituents is 1. The highest BCUT2D eigenvalue weighted by atomic mass is 16.6. The first kappa shape index (κ1) is 30.5. The predicted octanol–water partition coefficient (Wildman–Crippen LogP) is 2.41. The third-order valence-electron chi connectivity index (χ3n) is 6.71. The molecule has 0 aliphatic carbocycles. The quantitative estimate of drug-likeness (QED) is 0.217. The van der Waals surface area contributed by atoms with E-state index in [9.17, 15) is 39.5 Å². The number of allylic oxidation sites excluding steroid dienone is 2. The van der Waals surface area contributed by atoms with E-state index in [1.165, 1.54) is 50.2 Å². The minimum Gasteiger partial charge on any atom is -0.508 e. The van der Waals surface area contributed by atoms with Crippen molar-refractivity contribution >= 4 is 29.5 Å². The summed E-state index contributed by atoms with van der Waals surface area (Å²) < 4.78 is 9.90. The van der Waals surface area contributed by atoms with Crippen LogP contribution >= 0.6 is 0 Å². The highest BCUT2D eigenvalue weighted by Crippen LogP contribution is 2.45. The second kappa shape index (κ2) is 12.9. The number of methoxy groups -OCH3 is 2. The minimum atomic E-state index is -1.30. The molecule has 3 rings (SSSR count). The number of benzene rings is 2. The summed E-state index contributed by atoms with van der Waals surface area (Å²) in [5.74, 6) is -5.08. The first-order valence-corrected chi connectivity index (χ1v) is 12.3. The molecule has 1 unspecified atom stereocenters. The summed E-state index contributed by atoms with van der Waals surface area (Å²) >= 11 is 0. The standard InChI is InChI=1S/C28H29N3O10/c1-15-23(27(36)40-3)25(19-7-5-6-8-21(19)31(38)39)24(28(37)41-4)16(2)30(15)22(33)14-29-20(26(34)35)13-17-9-11-18(32)12-10-17/h5-12,20,25,29,32H,13-14H2,1-4H3,(H,34,35). The maximum absolute atomic E-state index is 13.5. The van der Waals surface area contributed by atoms with Gasteiger partial charge in [-0.05, 0) is 38.0 Å². The van der Waals surface area contributed by atoms with Gasteiger partial charge in [-0.15, -0.1) is 0 Å². The molecule has 2 aromatic carbocycles. The van der Waals surface area contributed by atoms with Crippen LogP contribution in [-0.4, -0.2) is 70.7 Å². The second-order valence-corrected chi connectivity index (χ2v) is 9.10. The molecule has 0 saturated carbocycles. The van der Waals surface area contributed by atoms with Crippen LogP contribution in [-0.2, 0) is 35.1 Å². The fourth-order valence-corrected chi connectivity index (χ4v) is 4.79. The average Bonchev–Trinajstić information content (AvgIpc) is 2.94. The van der Waals surface area contributed by atoms with Gasteiger partial charge in [0, 0.05) is 23.0 Å². The third kappa shape index (κ3) is 6.41. The topological polar surface area (TPSA) is 186 Å². The molecule has 1 heterocycles. The van der Waals surface area contributed by atoms with E-state index in [4.69, 9.17) is 9.47 Å². The monoisotopic (exact) mass is 567 g/mol. The van der Waals surface area contributed by atoms with Gasteiger partial charge in [0.05, 0.1) is 42.8 Å². The average molecular weight is 568 g/mol. The maximum atomic E-state index is 13.5. The van der Waals surface area contributed by atoms with Gasteiger partial charge >= 0.3 is 17.9 Å². The summed E-state index contributed by atoms with van der Waals surface area (Å²) in [7, 11) is 2.19. The van der Waals surface area contributed by atoms with E-state index < -0.39 is 47.2 Å². The molecule has 13 heteroatoms. The summed E-state index contributed by atoms with van der Waals surface area (Å²) in [4.78, 5) is 63.9. The Bertz CT molecular complexity index is 1410. The van der Waals surface area contributed by atoms with Crippen LogP contribution in [0, 0.1) is 10.1 Å². The third-order valence-corrected chi connectivity index (χ3v) is 6.71. The number of para-hydroxylation sites is 1. The lowest BCUT2D eigenvalue weighted by molar-refractivity contribution is -0.385. The van der Waals surface area contributed by atoms with Gasteiger partial charge in [-0.2, -0.15) is 0 Å². The molecule has 1 atom stereocenters. The summed E-state index contributed by atoms with van der Waals surface area (Å²) in [6.45, 7) is 2.34. The number of ether oxygens (including phenoxy) is 2. The minimum absolute atomic E-state index is 0.00684. The number of aliphatic carboxylic acids is 1. The van der Waals surface area contributed by atoms with Gasteiger partial charge < -0.3 is 19.7 Å². The van der Waals surface area contributed by atoms with Gasteiger partial charge in [0.2, 0.25) is 5.91 Å². The second-order valence-electron chi connectivity index (χ2n) is 9.10. The van der Waals surface area contributed by atoms with Crippen molar-refractivity contribution in [2.75, 3.05) is 20.8 Å². The molecule has 1 aliphatic heterocycles. The van der Waals surface area contributed by atoms with E-state index in [-0.39, 0.29) is 46.0 Å². The summed E-state index contributed by atoms with van der Waals surface area (Å²) in [5.41, 5.74) is -0.0544. The van der Waals surface area contributed by atoms with Crippen molar-refractivity contribution in [2.24, 2.45) is 0 Å². The number of carboxylic acid groups (broad SMARTS) is 1. The molecule has 0 radical (unpaired) electrons. The molecule has 41 heavy (non-hydrogen) atoms. The number of phenolic OH excluding ortho intramolecular Hbond substituents is 1. The molecule has 13 nitrogen and oxygen atoms in total. The van der Waals surface area contributed by atoms with Gasteiger partial charge in [0.25, 0.3) is 5.69 Å². The number of carbonyl (C=O) groups is 4. The predicted molar refractivity (Wildman–Crippen MR) is 143 cm³/mol. The molecule has 3 N–H and O–H groups in total. The molecule has 1 amide bonds. The van der Waals surface area contributed by atoms with Crippen LogP contribution < -0.4 is 5.32 Å². The van der Waals surface area contributed by atoms with Crippen LogP contribution in [0.1, 0.15) is 30.9 Å². The van der Waals surface area contributed by atoms with Gasteiger partial charge in [-0.3, -0.25) is 29.9 Å². The van der Waals surface area contributed by atoms with Crippen LogP contribution in [0.5, 0.6) is 5.75 Å². The van der Waals surface area contributed by atoms with E-state index in [1.807, 2.05) is 0 Å². The number of amides is 1. The Labute approximate surface area is 234 Å². The Morgan fingerprint density at radius 3 is 2.00 bits per heavy atom. The number of nitro groups is 1. The number of carbonyl (C=O) groups excluding carboxylic acids is 3. The van der Waals surface area contributed by atoms with Crippen LogP contribution in [0.15, 0.2) is 71.1 Å². The number of nitrogens with zero attached hydrogens (tertiary/aromatic N) is 2. The molecule has 0 aromatic heterocycles. The fraction of sp³-hybridized carbons (Fsp3) is 0.286. The number of esters is 2. The van der Waals surface area contributed by atoms with Gasteiger partial charge in [0.15, 0.2) is 0 Å². The number of hydrogen-bond donors (Lipinski definition) is 3. The largest absolute Gasteiger partial charge is 0.508 e. The molecule has 1 aliphatic rings. The zero-order valence-electron chi connectivity index (χ0n) is 22.7. The smallest absolute Gasteiger partial charge is 0.336 e. The maximum Gasteiger partial charge on any atom is 0.336 e. The Morgan fingerprint density at radius 1 is 0.976 bits per heavy atom. The van der Waals surface area contributed by atoms with Crippen molar-refractivity contribution in [2.45, 2.75) is 32.2 Å². The zero-order chi connectivity index (χ0) is 30.4. The Kier molecular flexibility index (Phi) is 9.58. The molecule has 0 spiro atoms. The van der Waals surface area contributed by atoms with Crippen LogP contribution in [0.2, 0.25) is 0 Å². The number of nitrogens with one attached hydrogen (secondary N) is 1. The van der Waals surface area contributed by atoms with Gasteiger partial charge in [0.1, 0.15) is 11.8 Å². The van der Waals surface area contributed by atoms with Crippen molar-refractivity contribution in [1.82, 2.24) is 10.2 Å². The lowest BCUT2D eigenvalue weighted by Gasteiger charge is -2.36. The number of aromatic hydroxyl groups is 1. The Hall–Kier alpha value is -5.04. The number of rotatable bonds is 10. The van der Waals surface area contributed by atoms with Crippen LogP contribution in [0.4, 0.5) is 5.69 Å². The number of carboxylic acids is 1. The van der Waals surface area contributed by atoms with Crippen molar-refractivity contribution < 1.29 is 43.8 Å². The normalized spacial score (nSPS) is 14.5. The molecule has 0 bridgehead atoms. The molecular formula is C28H29N3O10. The fourth-order valence-electron chi connectivity index (χ4n) is 4.79. The molecular weight excluding hydrogens is 538 g/mol. The summed E-state index contributed by atoms with van der Waals surface area (Å²) in [6.07, 6.45) is -0.00684. The van der Waals surface area contributed by atoms with Crippen molar-refractivity contribution in [3.8, 4) is 5.75 Å². The van der Waals surface area contributed by atoms with E-state index in [1.54, 1.807) is 12.1 Å². The van der Waals surface area contributed by atoms with E-state index in [0.29, 0.717) is 5.56 Å². The first-order chi connectivity index (χ1) is 19.4. The van der Waals surface area contributed by atoms with Crippen LogP contribution in [0.3, 0.4) is 0 Å². The molecule has 216 valence electrons. The van der Waals surface area contributed by atoms with Gasteiger partial charge in [-0.25, -0.2) is 9.59 Å². The van der Waals surface area contributed by atoms with Crippen molar-refractivity contribution in [3.63, 3.8) is 0 Å². The first-order valence-electron chi connectivity index (χ1n) is 12.3. The molecule has 0 fully saturated rings. The van der Waals surface area contributed by atoms with E-state index >= 15 is 0 Å². The molecule has 0 saturated heterocycles. The van der Waals surface area contributed by atoms with E-state index in [2.05, 4.69) is 5.32 Å². The zero-order valence-corrected chi connectivity index (χ0v) is 22.7. The lowest BCUT2D eigenvalue weighted by Crippen LogP contribution is -2.46. The highest BCUT2D eigenvalue weighted by molar-refractivity contribution is 6.02. The number of phenols is 1. The van der Waals surface area contributed by atoms with E-state index in [0.717, 1.165) is 19.1 Å². The van der Waals surface area contributed by atoms with Crippen molar-refractivity contribution in [1.29, 1.82) is 0 Å². The highest BCUT2D eigenvalue weighted by Gasteiger charge is 2.44. The Morgan fingerprint density at radius 2 is 1.51 bits per heavy atom.